The second-order valence-electron chi connectivity index (χ2n) is 10.8. The van der Waals surface area contributed by atoms with Gasteiger partial charge >= 0.3 is 0 Å². The lowest BCUT2D eigenvalue weighted by atomic mass is 10.0. The third kappa shape index (κ3) is 8.73. The van der Waals surface area contributed by atoms with Gasteiger partial charge in [0, 0.05) is 31.2 Å². The van der Waals surface area contributed by atoms with Crippen LogP contribution < -0.4 is 10.1 Å². The van der Waals surface area contributed by atoms with Gasteiger partial charge in [-0.3, -0.25) is 9.59 Å². The number of rotatable bonds is 13. The molecule has 1 aliphatic rings. The van der Waals surface area contributed by atoms with Crippen LogP contribution in [0.5, 0.6) is 5.75 Å². The molecule has 0 saturated carbocycles. The van der Waals surface area contributed by atoms with Crippen LogP contribution >= 0.6 is 11.6 Å². The van der Waals surface area contributed by atoms with Gasteiger partial charge in [0.25, 0.3) is 5.91 Å². The summed E-state index contributed by atoms with van der Waals surface area (Å²) in [6.07, 6.45) is 0.638. The maximum Gasteiger partial charge on any atom is 0.261 e. The minimum absolute atomic E-state index is 0.127. The van der Waals surface area contributed by atoms with Gasteiger partial charge in [-0.2, -0.15) is 4.31 Å². The summed E-state index contributed by atoms with van der Waals surface area (Å²) in [6.45, 7) is 1.44. The Labute approximate surface area is 274 Å². The molecule has 0 aliphatic carbocycles. The average molecular weight is 662 g/mol. The molecule has 9 nitrogen and oxygen atoms in total. The van der Waals surface area contributed by atoms with Gasteiger partial charge in [0.15, 0.2) is 6.61 Å². The molecule has 1 N–H and O–H groups in total. The molecule has 46 heavy (non-hydrogen) atoms. The third-order valence-electron chi connectivity index (χ3n) is 7.61. The molecular weight excluding hydrogens is 626 g/mol. The van der Waals surface area contributed by atoms with Crippen molar-refractivity contribution in [2.75, 3.05) is 39.5 Å². The number of carbonyl (C=O) groups excluding carboxylic acids is 2. The lowest BCUT2D eigenvalue weighted by Crippen LogP contribution is -2.45. The number of halogens is 1. The summed E-state index contributed by atoms with van der Waals surface area (Å²) in [5.74, 6) is -0.418. The van der Waals surface area contributed by atoms with Crippen LogP contribution in [0.3, 0.4) is 0 Å². The highest BCUT2D eigenvalue weighted by Gasteiger charge is 2.32. The van der Waals surface area contributed by atoms with Crippen molar-refractivity contribution in [2.24, 2.45) is 0 Å². The average Bonchev–Trinajstić information content (AvgIpc) is 3.09. The highest BCUT2D eigenvalue weighted by Crippen LogP contribution is 2.26. The first-order chi connectivity index (χ1) is 22.3. The van der Waals surface area contributed by atoms with Crippen molar-refractivity contribution in [1.82, 2.24) is 14.5 Å². The summed E-state index contributed by atoms with van der Waals surface area (Å²) in [6, 6.07) is 31.1. The molecule has 1 atom stereocenters. The van der Waals surface area contributed by atoms with Crippen LogP contribution in [0.2, 0.25) is 5.02 Å². The molecule has 1 heterocycles. The number of nitrogens with zero attached hydrogens (tertiary/aromatic N) is 2. The van der Waals surface area contributed by atoms with E-state index in [1.165, 1.54) is 33.5 Å². The number of sulfonamides is 1. The first-order valence-electron chi connectivity index (χ1n) is 15.0. The van der Waals surface area contributed by atoms with Crippen molar-refractivity contribution in [3.05, 3.63) is 131 Å². The Morgan fingerprint density at radius 2 is 1.48 bits per heavy atom. The fourth-order valence-corrected chi connectivity index (χ4v) is 6.70. The molecule has 240 valence electrons. The minimum atomic E-state index is -3.67. The predicted octanol–water partition coefficient (Wildman–Crippen LogP) is 4.87. The molecule has 1 saturated heterocycles. The van der Waals surface area contributed by atoms with Gasteiger partial charge in [-0.15, -0.1) is 0 Å². The van der Waals surface area contributed by atoms with Crippen LogP contribution in [0, 0.1) is 0 Å². The first kappa shape index (κ1) is 33.2. The smallest absolute Gasteiger partial charge is 0.261 e. The van der Waals surface area contributed by atoms with E-state index in [1.807, 2.05) is 72.8 Å². The molecule has 4 aromatic rings. The Hall–Kier alpha value is -4.22. The summed E-state index contributed by atoms with van der Waals surface area (Å²) < 4.78 is 38.5. The van der Waals surface area contributed by atoms with Crippen molar-refractivity contribution >= 4 is 33.4 Å². The number of ether oxygens (including phenoxy) is 2. The zero-order valence-corrected chi connectivity index (χ0v) is 26.8. The minimum Gasteiger partial charge on any atom is -0.484 e. The number of hydrogen-bond donors (Lipinski definition) is 1. The van der Waals surface area contributed by atoms with Crippen molar-refractivity contribution in [3.8, 4) is 5.75 Å². The number of hydrogen-bond acceptors (Lipinski definition) is 6. The van der Waals surface area contributed by atoms with Gasteiger partial charge in [0.2, 0.25) is 15.9 Å². The van der Waals surface area contributed by atoms with E-state index in [9.17, 15) is 18.0 Å². The Bertz CT molecular complexity index is 1680. The normalized spacial score (nSPS) is 14.3. The van der Waals surface area contributed by atoms with E-state index < -0.39 is 22.0 Å². The van der Waals surface area contributed by atoms with E-state index in [0.29, 0.717) is 55.6 Å². The van der Waals surface area contributed by atoms with Gasteiger partial charge in [-0.25, -0.2) is 8.42 Å². The molecule has 2 amide bonds. The van der Waals surface area contributed by atoms with Crippen molar-refractivity contribution < 1.29 is 27.5 Å². The van der Waals surface area contributed by atoms with Crippen LogP contribution in [-0.4, -0.2) is 68.9 Å². The Balaban J connectivity index is 1.34. The lowest BCUT2D eigenvalue weighted by molar-refractivity contribution is -0.143. The van der Waals surface area contributed by atoms with Crippen molar-refractivity contribution in [2.45, 2.75) is 23.9 Å². The van der Waals surface area contributed by atoms with E-state index in [0.717, 1.165) is 11.1 Å². The number of morpholine rings is 1. The molecule has 0 aromatic heterocycles. The summed E-state index contributed by atoms with van der Waals surface area (Å²) in [7, 11) is -3.67. The first-order valence-corrected chi connectivity index (χ1v) is 16.8. The molecule has 0 unspecified atom stereocenters. The SMILES string of the molecule is O=C(NCCc1ccccc1)[C@H](c1ccccc1)N(Cc1ccc(Cl)cc1)C(=O)COc1ccc(S(=O)(=O)N2CCOCC2)cc1. The summed E-state index contributed by atoms with van der Waals surface area (Å²) in [5, 5.41) is 3.58. The van der Waals surface area contributed by atoms with Crippen molar-refractivity contribution in [1.29, 1.82) is 0 Å². The molecule has 1 fully saturated rings. The molecule has 1 aliphatic heterocycles. The van der Waals surface area contributed by atoms with Gasteiger partial charge in [-0.1, -0.05) is 84.4 Å². The van der Waals surface area contributed by atoms with E-state index in [4.69, 9.17) is 21.1 Å². The zero-order chi connectivity index (χ0) is 32.4. The molecule has 11 heteroatoms. The molecule has 4 aromatic carbocycles. The summed E-state index contributed by atoms with van der Waals surface area (Å²) >= 11 is 6.12. The highest BCUT2D eigenvalue weighted by atomic mass is 35.5. The topological polar surface area (TPSA) is 105 Å². The Morgan fingerprint density at radius 1 is 0.848 bits per heavy atom. The van der Waals surface area contributed by atoms with E-state index in [-0.39, 0.29) is 24.0 Å². The number of carbonyl (C=O) groups is 2. The quantitative estimate of drug-likeness (QED) is 0.219. The number of nitrogens with one attached hydrogen (secondary N) is 1. The van der Waals surface area contributed by atoms with Gasteiger partial charge in [0.1, 0.15) is 11.8 Å². The van der Waals surface area contributed by atoms with Crippen molar-refractivity contribution in [3.63, 3.8) is 0 Å². The molecule has 5 rings (SSSR count). The lowest BCUT2D eigenvalue weighted by Gasteiger charge is -2.31. The van der Waals surface area contributed by atoms with Gasteiger partial charge < -0.3 is 19.7 Å². The largest absolute Gasteiger partial charge is 0.484 e. The number of amides is 2. The Kier molecular flexibility index (Phi) is 11.4. The van der Waals surface area contributed by atoms with E-state index in [2.05, 4.69) is 5.32 Å². The van der Waals surface area contributed by atoms with Crippen LogP contribution in [0.1, 0.15) is 22.7 Å². The van der Waals surface area contributed by atoms with Crippen LogP contribution in [0.25, 0.3) is 0 Å². The maximum absolute atomic E-state index is 13.9. The fraction of sp³-hybridized carbons (Fsp3) is 0.257. The maximum atomic E-state index is 13.9. The molecular formula is C35H36ClN3O6S. The van der Waals surface area contributed by atoms with Crippen LogP contribution in [0.15, 0.2) is 114 Å². The predicted molar refractivity (Wildman–Crippen MR) is 176 cm³/mol. The van der Waals surface area contributed by atoms with Crippen LogP contribution in [0.4, 0.5) is 0 Å². The number of benzene rings is 4. The fourth-order valence-electron chi connectivity index (χ4n) is 5.16. The second kappa shape index (κ2) is 15.9. The second-order valence-corrected chi connectivity index (χ2v) is 13.1. The van der Waals surface area contributed by atoms with Gasteiger partial charge in [0.05, 0.1) is 18.1 Å². The third-order valence-corrected chi connectivity index (χ3v) is 9.78. The zero-order valence-electron chi connectivity index (χ0n) is 25.3. The molecule has 0 radical (unpaired) electrons. The molecule has 0 spiro atoms. The molecule has 0 bridgehead atoms. The van der Waals surface area contributed by atoms with Gasteiger partial charge in [-0.05, 0) is 59.5 Å². The standard InChI is InChI=1S/C35H36ClN3O6S/c36-30-13-11-28(12-14-30)25-39(34(29-9-5-2-6-10-29)35(41)37-20-19-27-7-3-1-4-8-27)33(40)26-45-31-15-17-32(18-16-31)46(42,43)38-21-23-44-24-22-38/h1-18,34H,19-26H2,(H,37,41)/t34-/m0/s1. The highest BCUT2D eigenvalue weighted by molar-refractivity contribution is 7.89. The van der Waals surface area contributed by atoms with Crippen LogP contribution in [-0.2, 0) is 37.3 Å². The monoisotopic (exact) mass is 661 g/mol. The van der Waals surface area contributed by atoms with E-state index >= 15 is 0 Å². The Morgan fingerprint density at radius 3 is 2.13 bits per heavy atom. The summed E-state index contributed by atoms with van der Waals surface area (Å²) in [4.78, 5) is 29.4. The summed E-state index contributed by atoms with van der Waals surface area (Å²) in [5.41, 5.74) is 2.53. The van der Waals surface area contributed by atoms with E-state index in [1.54, 1.807) is 12.1 Å².